The second-order valence-corrected chi connectivity index (χ2v) is 6.83. The van der Waals surface area contributed by atoms with E-state index in [4.69, 9.17) is 16.0 Å². The summed E-state index contributed by atoms with van der Waals surface area (Å²) in [5.74, 6) is 0.00400. The smallest absolute Gasteiger partial charge is 0.289 e. The number of aryl methyl sites for hydroxylation is 1. The van der Waals surface area contributed by atoms with Crippen LogP contribution in [0.3, 0.4) is 0 Å². The van der Waals surface area contributed by atoms with Crippen LogP contribution in [-0.4, -0.2) is 26.8 Å². The van der Waals surface area contributed by atoms with Crippen LogP contribution in [0.1, 0.15) is 5.56 Å². The predicted octanol–water partition coefficient (Wildman–Crippen LogP) is 4.34. The van der Waals surface area contributed by atoms with Crippen molar-refractivity contribution in [1.29, 1.82) is 0 Å². The molecule has 0 bridgehead atoms. The highest BCUT2D eigenvalue weighted by atomic mass is 35.5. The first-order valence-corrected chi connectivity index (χ1v) is 9.06. The van der Waals surface area contributed by atoms with Crippen LogP contribution in [-0.2, 0) is 4.79 Å². The Labute approximate surface area is 163 Å². The molecule has 0 fully saturated rings. The van der Waals surface area contributed by atoms with E-state index in [0.29, 0.717) is 5.89 Å². The zero-order valence-electron chi connectivity index (χ0n) is 14.0. The summed E-state index contributed by atoms with van der Waals surface area (Å²) < 4.78 is 5.53. The highest BCUT2D eigenvalue weighted by Gasteiger charge is 2.15. The number of nitro benzene ring substituents is 1. The van der Waals surface area contributed by atoms with Crippen molar-refractivity contribution in [1.82, 2.24) is 10.2 Å². The molecule has 0 aliphatic rings. The molecule has 3 rings (SSSR count). The Morgan fingerprint density at radius 2 is 2.00 bits per heavy atom. The number of halogens is 1. The van der Waals surface area contributed by atoms with Crippen LogP contribution in [0.4, 0.5) is 11.4 Å². The molecule has 1 amide bonds. The number of anilines is 1. The molecule has 27 heavy (non-hydrogen) atoms. The van der Waals surface area contributed by atoms with Gasteiger partial charge in [0.2, 0.25) is 11.8 Å². The number of rotatable bonds is 6. The van der Waals surface area contributed by atoms with Crippen LogP contribution in [0.5, 0.6) is 0 Å². The van der Waals surface area contributed by atoms with Gasteiger partial charge >= 0.3 is 0 Å². The van der Waals surface area contributed by atoms with Crippen molar-refractivity contribution in [2.24, 2.45) is 0 Å². The van der Waals surface area contributed by atoms with Gasteiger partial charge in [-0.05, 0) is 31.2 Å². The van der Waals surface area contributed by atoms with E-state index >= 15 is 0 Å². The summed E-state index contributed by atoms with van der Waals surface area (Å²) in [4.78, 5) is 22.3. The molecular formula is C17H13ClN4O4S. The second kappa shape index (κ2) is 8.19. The Bertz CT molecular complexity index is 991. The molecule has 10 heteroatoms. The molecule has 0 radical (unpaired) electrons. The Kier molecular flexibility index (Phi) is 5.72. The van der Waals surface area contributed by atoms with Gasteiger partial charge in [-0.3, -0.25) is 14.9 Å². The molecular weight excluding hydrogens is 392 g/mol. The Morgan fingerprint density at radius 1 is 1.26 bits per heavy atom. The first-order chi connectivity index (χ1) is 12.9. The lowest BCUT2D eigenvalue weighted by Gasteiger charge is -2.04. The molecule has 0 unspecified atom stereocenters. The number of carbonyl (C=O) groups is 1. The minimum absolute atomic E-state index is 0.00173. The molecule has 2 aromatic carbocycles. The largest absolute Gasteiger partial charge is 0.411 e. The number of nitrogens with one attached hydrogen (secondary N) is 1. The fraction of sp³-hybridized carbons (Fsp3) is 0.118. The summed E-state index contributed by atoms with van der Waals surface area (Å²) >= 11 is 6.81. The number of hydrogen-bond acceptors (Lipinski definition) is 7. The third kappa shape index (κ3) is 4.83. The molecule has 1 heterocycles. The van der Waals surface area contributed by atoms with E-state index in [1.54, 1.807) is 0 Å². The quantitative estimate of drug-likeness (QED) is 0.369. The molecule has 0 aliphatic heterocycles. The standard InChI is InChI=1S/C17H13ClN4O4S/c1-10-2-4-11(5-3-10)16-20-21-17(26-16)27-9-15(23)19-12-6-7-13(18)14(8-12)22(24)25/h2-8H,9H2,1H3,(H,19,23). The lowest BCUT2D eigenvalue weighted by molar-refractivity contribution is -0.384. The molecule has 0 saturated heterocycles. The highest BCUT2D eigenvalue weighted by molar-refractivity contribution is 7.99. The SMILES string of the molecule is Cc1ccc(-c2nnc(SCC(=O)Nc3ccc(Cl)c([N+](=O)[O-])c3)o2)cc1. The molecule has 0 spiro atoms. The van der Waals surface area contributed by atoms with E-state index in [2.05, 4.69) is 15.5 Å². The number of amides is 1. The van der Waals surface area contributed by atoms with Crippen molar-refractivity contribution in [2.45, 2.75) is 12.1 Å². The number of aromatic nitrogens is 2. The van der Waals surface area contributed by atoms with Gasteiger partial charge in [0.1, 0.15) is 5.02 Å². The first-order valence-electron chi connectivity index (χ1n) is 7.69. The molecule has 3 aromatic rings. The number of nitrogens with zero attached hydrogens (tertiary/aromatic N) is 3. The van der Waals surface area contributed by atoms with Gasteiger partial charge in [-0.15, -0.1) is 10.2 Å². The van der Waals surface area contributed by atoms with Crippen LogP contribution < -0.4 is 5.32 Å². The number of carbonyl (C=O) groups excluding carboxylic acids is 1. The van der Waals surface area contributed by atoms with Crippen LogP contribution >= 0.6 is 23.4 Å². The van der Waals surface area contributed by atoms with E-state index in [-0.39, 0.29) is 33.3 Å². The lowest BCUT2D eigenvalue weighted by Crippen LogP contribution is -2.14. The van der Waals surface area contributed by atoms with Gasteiger partial charge < -0.3 is 9.73 Å². The van der Waals surface area contributed by atoms with Crippen molar-refractivity contribution in [2.75, 3.05) is 11.1 Å². The summed E-state index contributed by atoms with van der Waals surface area (Å²) in [5.41, 5.74) is 1.91. The Balaban J connectivity index is 1.59. The summed E-state index contributed by atoms with van der Waals surface area (Å²) in [6.45, 7) is 1.98. The lowest BCUT2D eigenvalue weighted by atomic mass is 10.1. The van der Waals surface area contributed by atoms with Crippen LogP contribution in [0.25, 0.3) is 11.5 Å². The van der Waals surface area contributed by atoms with Gasteiger partial charge in [-0.2, -0.15) is 0 Å². The minimum Gasteiger partial charge on any atom is -0.411 e. The van der Waals surface area contributed by atoms with Crippen molar-refractivity contribution < 1.29 is 14.1 Å². The average molecular weight is 405 g/mol. The molecule has 0 atom stereocenters. The van der Waals surface area contributed by atoms with Crippen LogP contribution in [0, 0.1) is 17.0 Å². The van der Waals surface area contributed by atoms with Gasteiger partial charge in [0, 0.05) is 17.3 Å². The minimum atomic E-state index is -0.613. The summed E-state index contributed by atoms with van der Waals surface area (Å²) in [7, 11) is 0. The van der Waals surface area contributed by atoms with Gasteiger partial charge in [0.05, 0.1) is 10.7 Å². The Hall–Kier alpha value is -2.91. The van der Waals surface area contributed by atoms with E-state index in [1.807, 2.05) is 31.2 Å². The zero-order chi connectivity index (χ0) is 19.4. The maximum absolute atomic E-state index is 12.0. The summed E-state index contributed by atoms with van der Waals surface area (Å²) in [6.07, 6.45) is 0. The van der Waals surface area contributed by atoms with Crippen LogP contribution in [0.2, 0.25) is 5.02 Å². The van der Waals surface area contributed by atoms with Gasteiger partial charge in [-0.25, -0.2) is 0 Å². The topological polar surface area (TPSA) is 111 Å². The molecule has 1 N–H and O–H groups in total. The van der Waals surface area contributed by atoms with E-state index in [1.165, 1.54) is 18.2 Å². The number of hydrogen-bond donors (Lipinski definition) is 1. The fourth-order valence-electron chi connectivity index (χ4n) is 2.14. The van der Waals surface area contributed by atoms with E-state index < -0.39 is 4.92 Å². The van der Waals surface area contributed by atoms with Crippen LogP contribution in [0.15, 0.2) is 52.1 Å². The molecule has 0 saturated carbocycles. The zero-order valence-corrected chi connectivity index (χ0v) is 15.6. The second-order valence-electron chi connectivity index (χ2n) is 5.50. The number of nitro groups is 1. The van der Waals surface area contributed by atoms with Crippen molar-refractivity contribution in [3.63, 3.8) is 0 Å². The number of thioether (sulfide) groups is 1. The van der Waals surface area contributed by atoms with Gasteiger partial charge in [0.15, 0.2) is 0 Å². The van der Waals surface area contributed by atoms with Crippen molar-refractivity contribution in [3.05, 3.63) is 63.2 Å². The van der Waals surface area contributed by atoms with E-state index in [0.717, 1.165) is 22.9 Å². The maximum Gasteiger partial charge on any atom is 0.289 e. The maximum atomic E-state index is 12.0. The molecule has 1 aromatic heterocycles. The average Bonchev–Trinajstić information content (AvgIpc) is 3.11. The molecule has 8 nitrogen and oxygen atoms in total. The normalized spacial score (nSPS) is 10.6. The Morgan fingerprint density at radius 3 is 2.70 bits per heavy atom. The molecule has 138 valence electrons. The van der Waals surface area contributed by atoms with Crippen molar-refractivity contribution >= 4 is 40.6 Å². The van der Waals surface area contributed by atoms with Gasteiger partial charge in [-0.1, -0.05) is 41.1 Å². The van der Waals surface area contributed by atoms with Crippen molar-refractivity contribution in [3.8, 4) is 11.5 Å². The summed E-state index contributed by atoms with van der Waals surface area (Å²) in [5, 5.41) is 21.6. The fourth-order valence-corrected chi connectivity index (χ4v) is 2.89. The highest BCUT2D eigenvalue weighted by Crippen LogP contribution is 2.28. The summed E-state index contributed by atoms with van der Waals surface area (Å²) in [6, 6.07) is 11.7. The van der Waals surface area contributed by atoms with E-state index in [9.17, 15) is 14.9 Å². The predicted molar refractivity (Wildman–Crippen MR) is 102 cm³/mol. The first kappa shape index (κ1) is 18.9. The monoisotopic (exact) mass is 404 g/mol. The molecule has 0 aliphatic carbocycles. The number of benzene rings is 2. The third-order valence-corrected chi connectivity index (χ3v) is 4.60. The third-order valence-electron chi connectivity index (χ3n) is 3.46. The van der Waals surface area contributed by atoms with Gasteiger partial charge in [0.25, 0.3) is 10.9 Å².